The second kappa shape index (κ2) is 7.25. The van der Waals surface area contributed by atoms with Gasteiger partial charge < -0.3 is 15.2 Å². The van der Waals surface area contributed by atoms with Gasteiger partial charge in [-0.1, -0.05) is 19.1 Å². The van der Waals surface area contributed by atoms with Crippen molar-refractivity contribution in [2.45, 2.75) is 51.6 Å². The summed E-state index contributed by atoms with van der Waals surface area (Å²) in [7, 11) is 0. The number of ether oxygens (including phenoxy) is 1. The Kier molecular flexibility index (Phi) is 4.92. The number of fused-ring (bicyclic) bond motifs is 2. The standard InChI is InChI=1S/C24H28FNO2/c1-15(4-5-16-6-8-18(25)9-7-16)17-12-21(27)23-19-14-26-11-10-20(19)24(2,3)28-22(23)13-17/h6-9,12-13,15,26-27H,4-5,10-11,14H2,1-3H3. The molecule has 0 aromatic heterocycles. The summed E-state index contributed by atoms with van der Waals surface area (Å²) in [6.45, 7) is 8.09. The molecule has 0 saturated heterocycles. The van der Waals surface area contributed by atoms with Gasteiger partial charge in [-0.05, 0) is 92.1 Å². The lowest BCUT2D eigenvalue weighted by Gasteiger charge is -2.40. The summed E-state index contributed by atoms with van der Waals surface area (Å²) in [5, 5.41) is 14.2. The lowest BCUT2D eigenvalue weighted by Crippen LogP contribution is -2.40. The molecule has 2 aromatic rings. The molecule has 3 nitrogen and oxygen atoms in total. The van der Waals surface area contributed by atoms with Gasteiger partial charge in [0, 0.05) is 6.54 Å². The van der Waals surface area contributed by atoms with Gasteiger partial charge in [0.25, 0.3) is 0 Å². The van der Waals surface area contributed by atoms with Crippen LogP contribution in [0.3, 0.4) is 0 Å². The van der Waals surface area contributed by atoms with E-state index in [0.717, 1.165) is 54.8 Å². The molecule has 1 unspecified atom stereocenters. The third-order valence-corrected chi connectivity index (χ3v) is 6.06. The fraction of sp³-hybridized carbons (Fsp3) is 0.417. The quantitative estimate of drug-likeness (QED) is 0.766. The van der Waals surface area contributed by atoms with E-state index >= 15 is 0 Å². The minimum atomic E-state index is -0.354. The zero-order valence-electron chi connectivity index (χ0n) is 16.8. The number of rotatable bonds is 4. The predicted octanol–water partition coefficient (Wildman–Crippen LogP) is 5.19. The SMILES string of the molecule is CC(CCc1ccc(F)cc1)c1cc(O)c2c(c1)OC(C)(C)C1=C2CNCC1. The van der Waals surface area contributed by atoms with Crippen molar-refractivity contribution in [3.05, 3.63) is 64.5 Å². The molecule has 0 fully saturated rings. The average Bonchev–Trinajstić information content (AvgIpc) is 2.66. The highest BCUT2D eigenvalue weighted by atomic mass is 19.1. The number of hydrogen-bond donors (Lipinski definition) is 2. The van der Waals surface area contributed by atoms with Gasteiger partial charge in [0.2, 0.25) is 0 Å². The molecule has 2 heterocycles. The molecule has 28 heavy (non-hydrogen) atoms. The fourth-order valence-electron chi connectivity index (χ4n) is 4.42. The van der Waals surface area contributed by atoms with Crippen molar-refractivity contribution in [1.29, 1.82) is 0 Å². The van der Waals surface area contributed by atoms with E-state index in [2.05, 4.69) is 32.2 Å². The number of aryl methyl sites for hydroxylation is 1. The van der Waals surface area contributed by atoms with Crippen LogP contribution in [0.15, 0.2) is 42.0 Å². The second-order valence-electron chi connectivity index (χ2n) is 8.48. The number of hydrogen-bond acceptors (Lipinski definition) is 3. The predicted molar refractivity (Wildman–Crippen MR) is 110 cm³/mol. The minimum Gasteiger partial charge on any atom is -0.507 e. The van der Waals surface area contributed by atoms with Gasteiger partial charge in [0.05, 0.1) is 5.56 Å². The highest BCUT2D eigenvalue weighted by Crippen LogP contribution is 2.48. The van der Waals surface area contributed by atoms with Crippen LogP contribution >= 0.6 is 0 Å². The van der Waals surface area contributed by atoms with E-state index in [9.17, 15) is 9.50 Å². The Bertz CT molecular complexity index is 915. The molecule has 0 radical (unpaired) electrons. The number of nitrogens with one attached hydrogen (secondary N) is 1. The van der Waals surface area contributed by atoms with Crippen molar-refractivity contribution < 1.29 is 14.2 Å². The molecule has 2 aliphatic heterocycles. The summed E-state index contributed by atoms with van der Waals surface area (Å²) in [6, 6.07) is 10.7. The van der Waals surface area contributed by atoms with Gasteiger partial charge in [-0.15, -0.1) is 0 Å². The van der Waals surface area contributed by atoms with Crippen molar-refractivity contribution >= 4 is 5.57 Å². The average molecular weight is 381 g/mol. The Labute approximate surface area is 166 Å². The van der Waals surface area contributed by atoms with E-state index in [-0.39, 0.29) is 17.3 Å². The van der Waals surface area contributed by atoms with E-state index in [1.807, 2.05) is 18.2 Å². The third kappa shape index (κ3) is 3.53. The summed E-state index contributed by atoms with van der Waals surface area (Å²) in [6.07, 6.45) is 2.73. The Balaban J connectivity index is 1.60. The van der Waals surface area contributed by atoms with E-state index in [1.54, 1.807) is 0 Å². The third-order valence-electron chi connectivity index (χ3n) is 6.06. The monoisotopic (exact) mass is 381 g/mol. The van der Waals surface area contributed by atoms with Gasteiger partial charge in [0.15, 0.2) is 0 Å². The first-order valence-corrected chi connectivity index (χ1v) is 10.1. The summed E-state index contributed by atoms with van der Waals surface area (Å²) in [4.78, 5) is 0. The van der Waals surface area contributed by atoms with Crippen LogP contribution in [0, 0.1) is 5.82 Å². The molecule has 1 atom stereocenters. The highest BCUT2D eigenvalue weighted by molar-refractivity contribution is 5.82. The maximum Gasteiger partial charge on any atom is 0.132 e. The van der Waals surface area contributed by atoms with Crippen LogP contribution < -0.4 is 10.1 Å². The maximum absolute atomic E-state index is 13.1. The molecule has 2 aliphatic rings. The molecule has 0 aliphatic carbocycles. The number of phenols is 1. The first-order valence-electron chi connectivity index (χ1n) is 10.1. The van der Waals surface area contributed by atoms with E-state index in [0.29, 0.717) is 5.75 Å². The Morgan fingerprint density at radius 2 is 1.96 bits per heavy atom. The molecule has 4 rings (SSSR count). The van der Waals surface area contributed by atoms with Crippen LogP contribution in [0.4, 0.5) is 4.39 Å². The molecular formula is C24H28FNO2. The molecule has 0 spiro atoms. The van der Waals surface area contributed by atoms with Gasteiger partial charge in [-0.25, -0.2) is 4.39 Å². The van der Waals surface area contributed by atoms with Gasteiger partial charge in [-0.3, -0.25) is 0 Å². The largest absolute Gasteiger partial charge is 0.507 e. The summed E-state index contributed by atoms with van der Waals surface area (Å²) in [5.74, 6) is 1.12. The highest BCUT2D eigenvalue weighted by Gasteiger charge is 2.37. The van der Waals surface area contributed by atoms with Crippen LogP contribution in [0.5, 0.6) is 11.5 Å². The van der Waals surface area contributed by atoms with Crippen LogP contribution in [0.2, 0.25) is 0 Å². The Morgan fingerprint density at radius 3 is 2.71 bits per heavy atom. The van der Waals surface area contributed by atoms with Crippen LogP contribution in [-0.4, -0.2) is 23.8 Å². The van der Waals surface area contributed by atoms with E-state index in [1.165, 1.54) is 23.3 Å². The van der Waals surface area contributed by atoms with Crippen molar-refractivity contribution in [2.24, 2.45) is 0 Å². The van der Waals surface area contributed by atoms with E-state index < -0.39 is 0 Å². The van der Waals surface area contributed by atoms with Gasteiger partial charge >= 0.3 is 0 Å². The fourth-order valence-corrected chi connectivity index (χ4v) is 4.42. The number of aromatic hydroxyl groups is 1. The van der Waals surface area contributed by atoms with E-state index in [4.69, 9.17) is 4.74 Å². The first-order chi connectivity index (χ1) is 13.3. The normalized spacial score (nSPS) is 18.9. The molecule has 148 valence electrons. The minimum absolute atomic E-state index is 0.206. The van der Waals surface area contributed by atoms with Crippen molar-refractivity contribution in [2.75, 3.05) is 13.1 Å². The van der Waals surface area contributed by atoms with Crippen LogP contribution in [0.25, 0.3) is 5.57 Å². The Morgan fingerprint density at radius 1 is 1.21 bits per heavy atom. The lowest BCUT2D eigenvalue weighted by molar-refractivity contribution is 0.137. The van der Waals surface area contributed by atoms with Crippen LogP contribution in [-0.2, 0) is 6.42 Å². The molecule has 4 heteroatoms. The number of phenolic OH excluding ortho intramolecular Hbond substituents is 1. The molecule has 2 aromatic carbocycles. The molecule has 2 N–H and O–H groups in total. The Hall–Kier alpha value is -2.33. The summed E-state index contributed by atoms with van der Waals surface area (Å²) >= 11 is 0. The molecule has 0 amide bonds. The maximum atomic E-state index is 13.1. The lowest BCUT2D eigenvalue weighted by atomic mass is 9.81. The van der Waals surface area contributed by atoms with Crippen LogP contribution in [0.1, 0.15) is 56.2 Å². The molecule has 0 saturated carbocycles. The van der Waals surface area contributed by atoms with Crippen molar-refractivity contribution in [3.8, 4) is 11.5 Å². The zero-order valence-corrected chi connectivity index (χ0v) is 16.8. The number of halogens is 1. The second-order valence-corrected chi connectivity index (χ2v) is 8.48. The first kappa shape index (κ1) is 19.0. The summed E-state index contributed by atoms with van der Waals surface area (Å²) in [5.41, 5.74) is 5.15. The van der Waals surface area contributed by atoms with Crippen molar-refractivity contribution in [1.82, 2.24) is 5.32 Å². The van der Waals surface area contributed by atoms with Gasteiger partial charge in [0.1, 0.15) is 22.9 Å². The number of benzene rings is 2. The molecular weight excluding hydrogens is 353 g/mol. The topological polar surface area (TPSA) is 41.5 Å². The summed E-state index contributed by atoms with van der Waals surface area (Å²) < 4.78 is 19.4. The van der Waals surface area contributed by atoms with Gasteiger partial charge in [-0.2, -0.15) is 0 Å². The zero-order chi connectivity index (χ0) is 19.9. The molecule has 0 bridgehead atoms. The smallest absolute Gasteiger partial charge is 0.132 e. The van der Waals surface area contributed by atoms with Crippen molar-refractivity contribution in [3.63, 3.8) is 0 Å².